The van der Waals surface area contributed by atoms with Crippen LogP contribution in [0.4, 0.5) is 11.5 Å². The number of nitrogens with two attached hydrogens (primary N) is 1. The summed E-state index contributed by atoms with van der Waals surface area (Å²) in [5, 5.41) is 3.36. The number of rotatable bonds is 3. The van der Waals surface area contributed by atoms with Crippen molar-refractivity contribution in [2.75, 3.05) is 11.1 Å². The summed E-state index contributed by atoms with van der Waals surface area (Å²) in [6.07, 6.45) is 1.80. The van der Waals surface area contributed by atoms with Crippen LogP contribution in [0.2, 0.25) is 0 Å². The summed E-state index contributed by atoms with van der Waals surface area (Å²) < 4.78 is 1.01. The number of hydrogen-bond donors (Lipinski definition) is 2. The molecule has 0 aliphatic heterocycles. The van der Waals surface area contributed by atoms with E-state index in [4.69, 9.17) is 5.73 Å². The van der Waals surface area contributed by atoms with Crippen LogP contribution in [0, 0.1) is 6.92 Å². The van der Waals surface area contributed by atoms with Crippen LogP contribution in [0.15, 0.2) is 41.0 Å². The van der Waals surface area contributed by atoms with E-state index >= 15 is 0 Å². The van der Waals surface area contributed by atoms with Gasteiger partial charge in [0, 0.05) is 16.4 Å². The minimum atomic E-state index is 0.124. The van der Waals surface area contributed by atoms with E-state index in [1.165, 1.54) is 0 Å². The molecule has 1 aromatic carbocycles. The quantitative estimate of drug-likeness (QED) is 0.845. The number of pyridine rings is 1. The maximum absolute atomic E-state index is 5.96. The van der Waals surface area contributed by atoms with Crippen molar-refractivity contribution in [3.05, 3.63) is 52.1 Å². The van der Waals surface area contributed by atoms with Crippen LogP contribution in [0.1, 0.15) is 24.1 Å². The molecule has 0 spiro atoms. The summed E-state index contributed by atoms with van der Waals surface area (Å²) in [6, 6.07) is 10.0. The zero-order valence-electron chi connectivity index (χ0n) is 10.4. The van der Waals surface area contributed by atoms with E-state index in [0.29, 0.717) is 0 Å². The molecule has 1 unspecified atom stereocenters. The highest BCUT2D eigenvalue weighted by Crippen LogP contribution is 2.24. The minimum Gasteiger partial charge on any atom is -0.398 e. The molecule has 2 rings (SSSR count). The SMILES string of the molecule is Cc1cc(NC(C)c2ccccc2N)ncc1Br. The van der Waals surface area contributed by atoms with E-state index in [-0.39, 0.29) is 6.04 Å². The second-order valence-electron chi connectivity index (χ2n) is 4.31. The minimum absolute atomic E-state index is 0.124. The van der Waals surface area contributed by atoms with Gasteiger partial charge in [-0.05, 0) is 53.0 Å². The summed E-state index contributed by atoms with van der Waals surface area (Å²) in [5.74, 6) is 0.853. The van der Waals surface area contributed by atoms with E-state index in [1.54, 1.807) is 6.20 Å². The van der Waals surface area contributed by atoms with Gasteiger partial charge >= 0.3 is 0 Å². The van der Waals surface area contributed by atoms with Crippen molar-refractivity contribution in [3.8, 4) is 0 Å². The van der Waals surface area contributed by atoms with Crippen LogP contribution in [0.25, 0.3) is 0 Å². The molecule has 3 N–H and O–H groups in total. The number of benzene rings is 1. The number of nitrogens with zero attached hydrogens (tertiary/aromatic N) is 1. The van der Waals surface area contributed by atoms with Gasteiger partial charge in [-0.15, -0.1) is 0 Å². The molecule has 94 valence electrons. The van der Waals surface area contributed by atoms with E-state index < -0.39 is 0 Å². The van der Waals surface area contributed by atoms with Crippen LogP contribution in [0.3, 0.4) is 0 Å². The van der Waals surface area contributed by atoms with Crippen LogP contribution in [-0.2, 0) is 0 Å². The predicted molar refractivity (Wildman–Crippen MR) is 79.6 cm³/mol. The molecular weight excluding hydrogens is 290 g/mol. The average Bonchev–Trinajstić information content (AvgIpc) is 2.34. The summed E-state index contributed by atoms with van der Waals surface area (Å²) >= 11 is 3.44. The summed E-state index contributed by atoms with van der Waals surface area (Å²) in [5.41, 5.74) is 9.00. The van der Waals surface area contributed by atoms with Crippen LogP contribution < -0.4 is 11.1 Å². The Morgan fingerprint density at radius 1 is 1.33 bits per heavy atom. The monoisotopic (exact) mass is 305 g/mol. The van der Waals surface area contributed by atoms with Crippen molar-refractivity contribution < 1.29 is 0 Å². The molecule has 0 amide bonds. The van der Waals surface area contributed by atoms with Crippen molar-refractivity contribution in [3.63, 3.8) is 0 Å². The Labute approximate surface area is 116 Å². The van der Waals surface area contributed by atoms with Gasteiger partial charge in [0.2, 0.25) is 0 Å². The van der Waals surface area contributed by atoms with Gasteiger partial charge in [-0.25, -0.2) is 4.98 Å². The molecule has 0 aliphatic carbocycles. The second kappa shape index (κ2) is 5.40. The third-order valence-corrected chi connectivity index (χ3v) is 3.70. The molecule has 1 atom stereocenters. The summed E-state index contributed by atoms with van der Waals surface area (Å²) in [6.45, 7) is 4.11. The van der Waals surface area contributed by atoms with E-state index in [2.05, 4.69) is 33.2 Å². The Balaban J connectivity index is 2.19. The number of aromatic nitrogens is 1. The third-order valence-electron chi connectivity index (χ3n) is 2.87. The maximum atomic E-state index is 5.96. The maximum Gasteiger partial charge on any atom is 0.126 e. The number of hydrogen-bond acceptors (Lipinski definition) is 3. The molecule has 1 heterocycles. The Bertz CT molecular complexity index is 554. The molecular formula is C14H16BrN3. The smallest absolute Gasteiger partial charge is 0.126 e. The van der Waals surface area contributed by atoms with Crippen molar-refractivity contribution in [2.24, 2.45) is 0 Å². The first-order valence-corrected chi connectivity index (χ1v) is 6.60. The first-order valence-electron chi connectivity index (χ1n) is 5.81. The number of anilines is 2. The van der Waals surface area contributed by atoms with Gasteiger partial charge < -0.3 is 11.1 Å². The second-order valence-corrected chi connectivity index (χ2v) is 5.17. The molecule has 0 radical (unpaired) electrons. The average molecular weight is 306 g/mol. The van der Waals surface area contributed by atoms with Gasteiger partial charge in [0.25, 0.3) is 0 Å². The van der Waals surface area contributed by atoms with E-state index in [0.717, 1.165) is 27.1 Å². The number of aryl methyl sites for hydroxylation is 1. The number of nitrogen functional groups attached to an aromatic ring is 1. The molecule has 18 heavy (non-hydrogen) atoms. The first kappa shape index (κ1) is 12.9. The van der Waals surface area contributed by atoms with Gasteiger partial charge in [0.05, 0.1) is 6.04 Å². The first-order chi connectivity index (χ1) is 8.58. The molecule has 0 bridgehead atoms. The zero-order chi connectivity index (χ0) is 13.1. The van der Waals surface area contributed by atoms with Crippen molar-refractivity contribution >= 4 is 27.4 Å². The third kappa shape index (κ3) is 2.82. The number of nitrogens with one attached hydrogen (secondary N) is 1. The molecule has 4 heteroatoms. The highest BCUT2D eigenvalue weighted by Gasteiger charge is 2.09. The highest BCUT2D eigenvalue weighted by molar-refractivity contribution is 9.10. The largest absolute Gasteiger partial charge is 0.398 e. The van der Waals surface area contributed by atoms with Gasteiger partial charge in [-0.1, -0.05) is 18.2 Å². The fraction of sp³-hybridized carbons (Fsp3) is 0.214. The number of para-hydroxylation sites is 1. The molecule has 0 saturated heterocycles. The van der Waals surface area contributed by atoms with Crippen LogP contribution in [0.5, 0.6) is 0 Å². The predicted octanol–water partition coefficient (Wildman–Crippen LogP) is 3.91. The van der Waals surface area contributed by atoms with E-state index in [9.17, 15) is 0 Å². The van der Waals surface area contributed by atoms with Crippen molar-refractivity contribution in [1.29, 1.82) is 0 Å². The summed E-state index contributed by atoms with van der Waals surface area (Å²) in [7, 11) is 0. The van der Waals surface area contributed by atoms with Crippen LogP contribution >= 0.6 is 15.9 Å². The van der Waals surface area contributed by atoms with Crippen molar-refractivity contribution in [2.45, 2.75) is 19.9 Å². The molecule has 3 nitrogen and oxygen atoms in total. The lowest BCUT2D eigenvalue weighted by Crippen LogP contribution is -2.10. The van der Waals surface area contributed by atoms with Gasteiger partial charge in [0.15, 0.2) is 0 Å². The summed E-state index contributed by atoms with van der Waals surface area (Å²) in [4.78, 5) is 4.34. The molecule has 0 aliphatic rings. The fourth-order valence-electron chi connectivity index (χ4n) is 1.82. The lowest BCUT2D eigenvalue weighted by Gasteiger charge is -2.17. The molecule has 1 aromatic heterocycles. The van der Waals surface area contributed by atoms with Gasteiger partial charge in [-0.3, -0.25) is 0 Å². The lowest BCUT2D eigenvalue weighted by atomic mass is 10.1. The topological polar surface area (TPSA) is 50.9 Å². The van der Waals surface area contributed by atoms with Gasteiger partial charge in [-0.2, -0.15) is 0 Å². The standard InChI is InChI=1S/C14H16BrN3/c1-9-7-14(17-8-12(9)15)18-10(2)11-5-3-4-6-13(11)16/h3-8,10H,16H2,1-2H3,(H,17,18). The Kier molecular flexibility index (Phi) is 3.87. The zero-order valence-corrected chi connectivity index (χ0v) is 12.0. The Morgan fingerprint density at radius 3 is 2.72 bits per heavy atom. The normalized spacial score (nSPS) is 12.2. The van der Waals surface area contributed by atoms with Gasteiger partial charge in [0.1, 0.15) is 5.82 Å². The number of halogens is 1. The Hall–Kier alpha value is -1.55. The Morgan fingerprint density at radius 2 is 2.06 bits per heavy atom. The van der Waals surface area contributed by atoms with Crippen LogP contribution in [-0.4, -0.2) is 4.98 Å². The fourth-order valence-corrected chi connectivity index (χ4v) is 2.04. The lowest BCUT2D eigenvalue weighted by molar-refractivity contribution is 0.877. The molecule has 0 fully saturated rings. The van der Waals surface area contributed by atoms with Crippen molar-refractivity contribution in [1.82, 2.24) is 4.98 Å². The molecule has 2 aromatic rings. The molecule has 0 saturated carbocycles. The van der Waals surface area contributed by atoms with E-state index in [1.807, 2.05) is 37.3 Å². The highest BCUT2D eigenvalue weighted by atomic mass is 79.9.